The van der Waals surface area contributed by atoms with Gasteiger partial charge in [0.2, 0.25) is 0 Å². The lowest BCUT2D eigenvalue weighted by Gasteiger charge is -2.15. The Morgan fingerprint density at radius 1 is 1.69 bits per heavy atom. The molecular weight excluding hydrogens is 208 g/mol. The summed E-state index contributed by atoms with van der Waals surface area (Å²) in [4.78, 5) is 19.4. The molecule has 3 N–H and O–H groups in total. The van der Waals surface area contributed by atoms with E-state index in [9.17, 15) is 4.79 Å². The van der Waals surface area contributed by atoms with E-state index in [0.717, 1.165) is 0 Å². The number of amides is 1. The SMILES string of the molecule is CCOC(=O)NC(CN)c1ccnc(C)n1. The Labute approximate surface area is 94.2 Å². The van der Waals surface area contributed by atoms with Gasteiger partial charge in [0.15, 0.2) is 0 Å². The zero-order chi connectivity index (χ0) is 12.0. The first-order valence-electron chi connectivity index (χ1n) is 5.10. The Kier molecular flexibility index (Phi) is 4.65. The highest BCUT2D eigenvalue weighted by molar-refractivity contribution is 5.67. The summed E-state index contributed by atoms with van der Waals surface area (Å²) in [6.45, 7) is 4.11. The fraction of sp³-hybridized carbons (Fsp3) is 0.500. The van der Waals surface area contributed by atoms with E-state index in [1.807, 2.05) is 0 Å². The lowest BCUT2D eigenvalue weighted by atomic mass is 10.2. The highest BCUT2D eigenvalue weighted by Gasteiger charge is 2.14. The Hall–Kier alpha value is -1.69. The third-order valence-corrected chi connectivity index (χ3v) is 1.96. The number of hydrogen-bond acceptors (Lipinski definition) is 5. The van der Waals surface area contributed by atoms with E-state index < -0.39 is 6.09 Å². The van der Waals surface area contributed by atoms with Crippen molar-refractivity contribution in [1.29, 1.82) is 0 Å². The molecule has 1 aromatic rings. The van der Waals surface area contributed by atoms with Gasteiger partial charge in [-0.2, -0.15) is 0 Å². The van der Waals surface area contributed by atoms with Crippen LogP contribution >= 0.6 is 0 Å². The van der Waals surface area contributed by atoms with Gasteiger partial charge in [-0.3, -0.25) is 0 Å². The van der Waals surface area contributed by atoms with Crippen molar-refractivity contribution in [2.45, 2.75) is 19.9 Å². The number of nitrogens with two attached hydrogens (primary N) is 1. The van der Waals surface area contributed by atoms with Crippen LogP contribution in [0.2, 0.25) is 0 Å². The van der Waals surface area contributed by atoms with Gasteiger partial charge < -0.3 is 15.8 Å². The molecule has 0 aromatic carbocycles. The summed E-state index contributed by atoms with van der Waals surface area (Å²) >= 11 is 0. The number of carbonyl (C=O) groups is 1. The Bertz CT molecular complexity index is 356. The normalized spacial score (nSPS) is 11.9. The van der Waals surface area contributed by atoms with Gasteiger partial charge in [0.1, 0.15) is 5.82 Å². The number of aryl methyl sites for hydroxylation is 1. The van der Waals surface area contributed by atoms with E-state index in [2.05, 4.69) is 15.3 Å². The molecular formula is C10H16N4O2. The zero-order valence-corrected chi connectivity index (χ0v) is 9.43. The first kappa shape index (κ1) is 12.4. The maximum absolute atomic E-state index is 11.2. The summed E-state index contributed by atoms with van der Waals surface area (Å²) in [6.07, 6.45) is 1.14. The molecule has 0 fully saturated rings. The van der Waals surface area contributed by atoms with Crippen molar-refractivity contribution in [3.05, 3.63) is 23.8 Å². The molecule has 16 heavy (non-hydrogen) atoms. The van der Waals surface area contributed by atoms with Gasteiger partial charge in [-0.15, -0.1) is 0 Å². The van der Waals surface area contributed by atoms with Crippen LogP contribution in [0.1, 0.15) is 24.5 Å². The summed E-state index contributed by atoms with van der Waals surface area (Å²) in [5.41, 5.74) is 6.25. The second kappa shape index (κ2) is 6.02. The lowest BCUT2D eigenvalue weighted by molar-refractivity contribution is 0.148. The second-order valence-electron chi connectivity index (χ2n) is 3.18. The minimum Gasteiger partial charge on any atom is -0.450 e. The molecule has 6 heteroatoms. The van der Waals surface area contributed by atoms with Crippen molar-refractivity contribution in [3.8, 4) is 0 Å². The number of hydrogen-bond donors (Lipinski definition) is 2. The van der Waals surface area contributed by atoms with Crippen LogP contribution in [-0.4, -0.2) is 29.2 Å². The smallest absolute Gasteiger partial charge is 0.407 e. The first-order valence-corrected chi connectivity index (χ1v) is 5.10. The molecule has 0 spiro atoms. The minimum atomic E-state index is -0.491. The van der Waals surface area contributed by atoms with Gasteiger partial charge in [0.25, 0.3) is 0 Å². The largest absolute Gasteiger partial charge is 0.450 e. The highest BCUT2D eigenvalue weighted by atomic mass is 16.5. The second-order valence-corrected chi connectivity index (χ2v) is 3.18. The molecule has 1 atom stereocenters. The molecule has 88 valence electrons. The maximum Gasteiger partial charge on any atom is 0.407 e. The molecule has 6 nitrogen and oxygen atoms in total. The molecule has 1 aromatic heterocycles. The van der Waals surface area contributed by atoms with Crippen LogP contribution in [0.4, 0.5) is 4.79 Å². The first-order chi connectivity index (χ1) is 7.67. The van der Waals surface area contributed by atoms with Gasteiger partial charge in [-0.25, -0.2) is 14.8 Å². The number of nitrogens with one attached hydrogen (secondary N) is 1. The van der Waals surface area contributed by atoms with Crippen molar-refractivity contribution in [3.63, 3.8) is 0 Å². The predicted octanol–water partition coefficient (Wildman–Crippen LogP) is 0.531. The molecule has 0 aliphatic carbocycles. The molecule has 1 unspecified atom stereocenters. The summed E-state index contributed by atoms with van der Waals surface area (Å²) in [5.74, 6) is 0.640. The Balaban J connectivity index is 2.70. The van der Waals surface area contributed by atoms with Crippen LogP contribution in [0.15, 0.2) is 12.3 Å². The van der Waals surface area contributed by atoms with Gasteiger partial charge in [0, 0.05) is 12.7 Å². The third-order valence-electron chi connectivity index (χ3n) is 1.96. The Morgan fingerprint density at radius 2 is 2.44 bits per heavy atom. The van der Waals surface area contributed by atoms with E-state index in [-0.39, 0.29) is 12.6 Å². The van der Waals surface area contributed by atoms with Gasteiger partial charge >= 0.3 is 6.09 Å². The molecule has 0 radical (unpaired) electrons. The van der Waals surface area contributed by atoms with Crippen LogP contribution in [0, 0.1) is 6.92 Å². The maximum atomic E-state index is 11.2. The summed E-state index contributed by atoms with van der Waals surface area (Å²) in [7, 11) is 0. The topological polar surface area (TPSA) is 90.1 Å². The highest BCUT2D eigenvalue weighted by Crippen LogP contribution is 2.08. The quantitative estimate of drug-likeness (QED) is 0.778. The molecule has 1 amide bonds. The van der Waals surface area contributed by atoms with Crippen molar-refractivity contribution in [1.82, 2.24) is 15.3 Å². The van der Waals surface area contributed by atoms with Gasteiger partial charge in [-0.05, 0) is 19.9 Å². The van der Waals surface area contributed by atoms with E-state index in [4.69, 9.17) is 10.5 Å². The van der Waals surface area contributed by atoms with Crippen LogP contribution in [0.25, 0.3) is 0 Å². The zero-order valence-electron chi connectivity index (χ0n) is 9.43. The number of aromatic nitrogens is 2. The lowest BCUT2D eigenvalue weighted by Crippen LogP contribution is -2.34. The van der Waals surface area contributed by atoms with Gasteiger partial charge in [0.05, 0.1) is 18.3 Å². The van der Waals surface area contributed by atoms with E-state index in [1.165, 1.54) is 0 Å². The van der Waals surface area contributed by atoms with Crippen molar-refractivity contribution in [2.24, 2.45) is 5.73 Å². The van der Waals surface area contributed by atoms with Crippen LogP contribution in [-0.2, 0) is 4.74 Å². The molecule has 0 aliphatic heterocycles. The molecule has 1 rings (SSSR count). The summed E-state index contributed by atoms with van der Waals surface area (Å²) in [5, 5.41) is 2.63. The van der Waals surface area contributed by atoms with Crippen molar-refractivity contribution >= 4 is 6.09 Å². The van der Waals surface area contributed by atoms with Gasteiger partial charge in [-0.1, -0.05) is 0 Å². The number of nitrogens with zero attached hydrogens (tertiary/aromatic N) is 2. The van der Waals surface area contributed by atoms with E-state index in [0.29, 0.717) is 18.1 Å². The van der Waals surface area contributed by atoms with E-state index in [1.54, 1.807) is 26.1 Å². The number of rotatable bonds is 4. The monoisotopic (exact) mass is 224 g/mol. The van der Waals surface area contributed by atoms with Crippen LogP contribution in [0.3, 0.4) is 0 Å². The van der Waals surface area contributed by atoms with Crippen molar-refractivity contribution < 1.29 is 9.53 Å². The molecule has 0 aliphatic rings. The van der Waals surface area contributed by atoms with Crippen LogP contribution in [0.5, 0.6) is 0 Å². The molecule has 0 saturated heterocycles. The average Bonchev–Trinajstić information content (AvgIpc) is 2.26. The Morgan fingerprint density at radius 3 is 3.00 bits per heavy atom. The standard InChI is InChI=1S/C10H16N4O2/c1-3-16-10(15)14-9(6-11)8-4-5-12-7(2)13-8/h4-5,9H,3,6,11H2,1-2H3,(H,14,15). The number of ether oxygens (including phenoxy) is 1. The summed E-state index contributed by atoms with van der Waals surface area (Å²) < 4.78 is 4.78. The predicted molar refractivity (Wildman–Crippen MR) is 58.7 cm³/mol. The summed E-state index contributed by atoms with van der Waals surface area (Å²) in [6, 6.07) is 1.37. The molecule has 0 saturated carbocycles. The molecule has 1 heterocycles. The van der Waals surface area contributed by atoms with Crippen LogP contribution < -0.4 is 11.1 Å². The number of carbonyl (C=O) groups excluding carboxylic acids is 1. The van der Waals surface area contributed by atoms with E-state index >= 15 is 0 Å². The number of alkyl carbamates (subject to hydrolysis) is 1. The van der Waals surface area contributed by atoms with Crippen molar-refractivity contribution in [2.75, 3.05) is 13.2 Å². The average molecular weight is 224 g/mol. The fourth-order valence-corrected chi connectivity index (χ4v) is 1.24. The minimum absolute atomic E-state index is 0.259. The molecule has 0 bridgehead atoms. The third kappa shape index (κ3) is 3.47. The fourth-order valence-electron chi connectivity index (χ4n) is 1.24.